The monoisotopic (exact) mass is 343 g/mol. The number of rotatable bonds is 5. The molecule has 1 aromatic carbocycles. The molecule has 2 heterocycles. The van der Waals surface area contributed by atoms with Crippen LogP contribution in [-0.4, -0.2) is 27.7 Å². The van der Waals surface area contributed by atoms with Crippen LogP contribution in [0.5, 0.6) is 0 Å². The first-order valence-electron chi connectivity index (χ1n) is 7.22. The Hall–Kier alpha value is -2.70. The number of benzene rings is 1. The Morgan fingerprint density at radius 2 is 1.92 bits per heavy atom. The number of nitrogens with one attached hydrogen (secondary N) is 1. The molecule has 0 spiro atoms. The van der Waals surface area contributed by atoms with E-state index in [0.717, 1.165) is 5.56 Å². The number of hydrogen-bond donors (Lipinski definition) is 2. The van der Waals surface area contributed by atoms with Crippen LogP contribution in [0.2, 0.25) is 5.02 Å². The zero-order chi connectivity index (χ0) is 16.9. The van der Waals surface area contributed by atoms with Gasteiger partial charge in [0.25, 0.3) is 5.91 Å². The van der Waals surface area contributed by atoms with Crippen LogP contribution < -0.4 is 5.32 Å². The average Bonchev–Trinajstić information content (AvgIpc) is 3.11. The summed E-state index contributed by atoms with van der Waals surface area (Å²) in [5.41, 5.74) is 1.58. The molecule has 122 valence electrons. The van der Waals surface area contributed by atoms with Gasteiger partial charge in [-0.05, 0) is 29.8 Å². The number of hydrogen-bond acceptors (Lipinski definition) is 5. The Kier molecular flexibility index (Phi) is 4.88. The fraction of sp³-hybridized carbons (Fsp3) is 0.118. The maximum atomic E-state index is 12.1. The average molecular weight is 344 g/mol. The third-order valence-corrected chi connectivity index (χ3v) is 3.67. The van der Waals surface area contributed by atoms with E-state index in [1.165, 1.54) is 0 Å². The molecular weight excluding hydrogens is 330 g/mol. The van der Waals surface area contributed by atoms with Crippen molar-refractivity contribution in [1.29, 1.82) is 0 Å². The van der Waals surface area contributed by atoms with E-state index < -0.39 is 12.0 Å². The van der Waals surface area contributed by atoms with Crippen LogP contribution in [0, 0.1) is 0 Å². The van der Waals surface area contributed by atoms with Crippen LogP contribution in [-0.2, 0) is 0 Å². The van der Waals surface area contributed by atoms with Crippen molar-refractivity contribution in [3.63, 3.8) is 0 Å². The first-order valence-corrected chi connectivity index (χ1v) is 7.60. The summed E-state index contributed by atoms with van der Waals surface area (Å²) in [4.78, 5) is 16.0. The smallest absolute Gasteiger partial charge is 0.273 e. The van der Waals surface area contributed by atoms with Crippen molar-refractivity contribution in [3.8, 4) is 11.3 Å². The highest BCUT2D eigenvalue weighted by atomic mass is 35.5. The molecule has 0 aliphatic rings. The SMILES string of the molecule is O=C(NCC(O)c1ccc(Cl)cc1)c1cc(-c2ccncc2)on1. The zero-order valence-corrected chi connectivity index (χ0v) is 13.3. The van der Waals surface area contributed by atoms with Crippen molar-refractivity contribution in [1.82, 2.24) is 15.5 Å². The summed E-state index contributed by atoms with van der Waals surface area (Å²) in [6.07, 6.45) is 2.41. The lowest BCUT2D eigenvalue weighted by atomic mass is 10.1. The second-order valence-electron chi connectivity index (χ2n) is 5.09. The summed E-state index contributed by atoms with van der Waals surface area (Å²) in [5, 5.41) is 17.0. The van der Waals surface area contributed by atoms with Crippen molar-refractivity contribution >= 4 is 17.5 Å². The summed E-state index contributed by atoms with van der Waals surface area (Å²) in [5.74, 6) is 0.0490. The minimum atomic E-state index is -0.835. The third-order valence-electron chi connectivity index (χ3n) is 3.42. The topological polar surface area (TPSA) is 88.2 Å². The van der Waals surface area contributed by atoms with Crippen LogP contribution in [0.1, 0.15) is 22.2 Å². The Bertz CT molecular complexity index is 819. The summed E-state index contributed by atoms with van der Waals surface area (Å²) >= 11 is 5.80. The molecule has 0 saturated heterocycles. The summed E-state index contributed by atoms with van der Waals surface area (Å²) in [6.45, 7) is 0.0535. The maximum Gasteiger partial charge on any atom is 0.273 e. The number of carbonyl (C=O) groups excluding carboxylic acids is 1. The van der Waals surface area contributed by atoms with Crippen LogP contribution >= 0.6 is 11.6 Å². The van der Waals surface area contributed by atoms with Crippen molar-refractivity contribution in [2.75, 3.05) is 6.54 Å². The third kappa shape index (κ3) is 3.79. The van der Waals surface area contributed by atoms with Crippen molar-refractivity contribution in [3.05, 3.63) is 71.1 Å². The van der Waals surface area contributed by atoms with Gasteiger partial charge in [0, 0.05) is 35.6 Å². The van der Waals surface area contributed by atoms with Gasteiger partial charge in [-0.1, -0.05) is 28.9 Å². The Morgan fingerprint density at radius 3 is 2.62 bits per heavy atom. The highest BCUT2D eigenvalue weighted by Crippen LogP contribution is 2.19. The van der Waals surface area contributed by atoms with Crippen LogP contribution in [0.4, 0.5) is 0 Å². The summed E-state index contributed by atoms with van der Waals surface area (Å²) in [6, 6.07) is 11.8. The number of halogens is 1. The second-order valence-corrected chi connectivity index (χ2v) is 5.53. The van der Waals surface area contributed by atoms with E-state index in [2.05, 4.69) is 15.5 Å². The number of nitrogens with zero attached hydrogens (tertiary/aromatic N) is 2. The quantitative estimate of drug-likeness (QED) is 0.743. The molecule has 1 unspecified atom stereocenters. The van der Waals surface area contributed by atoms with E-state index in [1.54, 1.807) is 54.9 Å². The van der Waals surface area contributed by atoms with E-state index >= 15 is 0 Å². The van der Waals surface area contributed by atoms with Crippen LogP contribution in [0.25, 0.3) is 11.3 Å². The van der Waals surface area contributed by atoms with Gasteiger partial charge in [-0.25, -0.2) is 0 Å². The van der Waals surface area contributed by atoms with E-state index in [9.17, 15) is 9.90 Å². The predicted molar refractivity (Wildman–Crippen MR) is 88.5 cm³/mol. The Balaban J connectivity index is 1.61. The van der Waals surface area contributed by atoms with Gasteiger partial charge in [0.15, 0.2) is 11.5 Å². The number of pyridine rings is 1. The highest BCUT2D eigenvalue weighted by molar-refractivity contribution is 6.30. The fourth-order valence-corrected chi connectivity index (χ4v) is 2.24. The molecular formula is C17H14ClN3O3. The molecule has 0 aliphatic carbocycles. The minimum Gasteiger partial charge on any atom is -0.387 e. The number of aromatic nitrogens is 2. The molecule has 6 nitrogen and oxygen atoms in total. The van der Waals surface area contributed by atoms with Gasteiger partial charge in [0.05, 0.1) is 6.10 Å². The molecule has 2 aromatic heterocycles. The first kappa shape index (κ1) is 16.2. The lowest BCUT2D eigenvalue weighted by Crippen LogP contribution is -2.28. The molecule has 0 aliphatic heterocycles. The first-order chi connectivity index (χ1) is 11.6. The number of aliphatic hydroxyl groups excluding tert-OH is 1. The highest BCUT2D eigenvalue weighted by Gasteiger charge is 2.15. The van der Waals surface area contributed by atoms with Gasteiger partial charge >= 0.3 is 0 Å². The molecule has 2 N–H and O–H groups in total. The molecule has 0 radical (unpaired) electrons. The van der Waals surface area contributed by atoms with Crippen molar-refractivity contribution in [2.45, 2.75) is 6.10 Å². The van der Waals surface area contributed by atoms with Gasteiger partial charge in [-0.3, -0.25) is 9.78 Å². The standard InChI is InChI=1S/C17H14ClN3O3/c18-13-3-1-11(2-4-13)15(22)10-20-17(23)14-9-16(24-21-14)12-5-7-19-8-6-12/h1-9,15,22H,10H2,(H,20,23). The molecule has 3 rings (SSSR count). The van der Waals surface area contributed by atoms with Gasteiger partial charge in [0.1, 0.15) is 0 Å². The molecule has 24 heavy (non-hydrogen) atoms. The molecule has 3 aromatic rings. The number of carbonyl (C=O) groups is 1. The van der Waals surface area contributed by atoms with Crippen LogP contribution in [0.3, 0.4) is 0 Å². The maximum absolute atomic E-state index is 12.1. The molecule has 1 amide bonds. The van der Waals surface area contributed by atoms with Gasteiger partial charge in [-0.15, -0.1) is 0 Å². The number of aliphatic hydroxyl groups is 1. The Labute approximate surface area is 143 Å². The normalized spacial score (nSPS) is 11.9. The minimum absolute atomic E-state index is 0.0535. The van der Waals surface area contributed by atoms with E-state index in [-0.39, 0.29) is 12.2 Å². The van der Waals surface area contributed by atoms with E-state index in [0.29, 0.717) is 16.3 Å². The molecule has 1 atom stereocenters. The molecule has 7 heteroatoms. The molecule has 0 fully saturated rings. The number of amides is 1. The largest absolute Gasteiger partial charge is 0.387 e. The predicted octanol–water partition coefficient (Wildman–Crippen LogP) is 2.85. The van der Waals surface area contributed by atoms with Gasteiger partial charge < -0.3 is 14.9 Å². The summed E-state index contributed by atoms with van der Waals surface area (Å²) < 4.78 is 5.16. The zero-order valence-electron chi connectivity index (χ0n) is 12.5. The summed E-state index contributed by atoms with van der Waals surface area (Å²) in [7, 11) is 0. The van der Waals surface area contributed by atoms with E-state index in [1.807, 2.05) is 0 Å². The van der Waals surface area contributed by atoms with E-state index in [4.69, 9.17) is 16.1 Å². The van der Waals surface area contributed by atoms with Crippen LogP contribution in [0.15, 0.2) is 59.4 Å². The van der Waals surface area contributed by atoms with Gasteiger partial charge in [-0.2, -0.15) is 0 Å². The fourth-order valence-electron chi connectivity index (χ4n) is 2.12. The second kappa shape index (κ2) is 7.25. The van der Waals surface area contributed by atoms with Crippen molar-refractivity contribution < 1.29 is 14.4 Å². The molecule has 0 bridgehead atoms. The lowest BCUT2D eigenvalue weighted by Gasteiger charge is -2.11. The van der Waals surface area contributed by atoms with Gasteiger partial charge in [0.2, 0.25) is 0 Å². The Morgan fingerprint density at radius 1 is 1.21 bits per heavy atom. The lowest BCUT2D eigenvalue weighted by molar-refractivity contribution is 0.0907. The van der Waals surface area contributed by atoms with Crippen molar-refractivity contribution in [2.24, 2.45) is 0 Å². The molecule has 0 saturated carbocycles.